The van der Waals surface area contributed by atoms with Gasteiger partial charge in [0.15, 0.2) is 0 Å². The van der Waals surface area contributed by atoms with Crippen molar-refractivity contribution >= 4 is 28.1 Å². The number of amides is 1. The first kappa shape index (κ1) is 15.2. The van der Waals surface area contributed by atoms with Crippen molar-refractivity contribution in [2.24, 2.45) is 0 Å². The number of nitrogens with one attached hydrogen (secondary N) is 1. The lowest BCUT2D eigenvalue weighted by Gasteiger charge is -2.27. The molecule has 1 N–H and O–H groups in total. The highest BCUT2D eigenvalue weighted by molar-refractivity contribution is 7.30. The van der Waals surface area contributed by atoms with Crippen molar-refractivity contribution < 1.29 is 9.18 Å². The fourth-order valence-corrected chi connectivity index (χ4v) is 4.28. The van der Waals surface area contributed by atoms with E-state index in [1.54, 1.807) is 6.07 Å². The van der Waals surface area contributed by atoms with E-state index in [2.05, 4.69) is 31.2 Å². The number of allylic oxidation sites excluding steroid dienone is 1. The van der Waals surface area contributed by atoms with Gasteiger partial charge in [0.1, 0.15) is 13.6 Å². The number of rotatable bonds is 3. The van der Waals surface area contributed by atoms with Gasteiger partial charge in [0.25, 0.3) is 0 Å². The summed E-state index contributed by atoms with van der Waals surface area (Å²) < 4.78 is 13.8. The van der Waals surface area contributed by atoms with Crippen molar-refractivity contribution in [1.29, 1.82) is 0 Å². The summed E-state index contributed by atoms with van der Waals surface area (Å²) in [7, 11) is -2.23. The molecule has 0 unspecified atom stereocenters. The molecule has 0 atom stereocenters. The summed E-state index contributed by atoms with van der Waals surface area (Å²) >= 11 is 0. The topological polar surface area (TPSA) is 29.1 Å². The molecule has 1 radical (unpaired) electrons. The molecule has 0 aromatic heterocycles. The van der Waals surface area contributed by atoms with Gasteiger partial charge < -0.3 is 4.98 Å². The predicted molar refractivity (Wildman–Crippen MR) is 86.2 cm³/mol. The molecule has 0 aliphatic heterocycles. The molecule has 20 heavy (non-hydrogen) atoms. The Morgan fingerprint density at radius 3 is 2.60 bits per heavy atom. The number of carbonyl (C=O) groups is 1. The fraction of sp³-hybridized carbons (Fsp3) is 0.400. The molecule has 0 spiro atoms. The van der Waals surface area contributed by atoms with Crippen LogP contribution >= 0.6 is 0 Å². The normalized spacial score (nSPS) is 14.2. The van der Waals surface area contributed by atoms with Crippen LogP contribution in [-0.4, -0.2) is 22.0 Å². The van der Waals surface area contributed by atoms with Crippen LogP contribution in [0.5, 0.6) is 0 Å². The zero-order valence-electron chi connectivity index (χ0n) is 12.7. The molecule has 1 aromatic carbocycles. The number of hydrogen-bond acceptors (Lipinski definition) is 1. The smallest absolute Gasteiger partial charge is 0.243 e. The van der Waals surface area contributed by atoms with Gasteiger partial charge in [-0.3, -0.25) is 4.79 Å². The van der Waals surface area contributed by atoms with Crippen LogP contribution in [0.1, 0.15) is 28.4 Å². The van der Waals surface area contributed by atoms with Crippen LogP contribution in [0.15, 0.2) is 17.7 Å². The Balaban J connectivity index is 2.36. The largest absolute Gasteiger partial charge is 0.381 e. The van der Waals surface area contributed by atoms with E-state index in [9.17, 15) is 9.18 Å². The molecule has 2 rings (SSSR count). The average Bonchev–Trinajstić information content (AvgIpc) is 2.71. The second-order valence-corrected chi connectivity index (χ2v) is 18.5. The molecule has 1 amide bonds. The first-order valence-electron chi connectivity index (χ1n) is 6.84. The molecule has 5 heteroatoms. The Hall–Kier alpha value is -1.21. The van der Waals surface area contributed by atoms with E-state index in [1.165, 1.54) is 6.07 Å². The molecular weight excluding hydrogens is 285 g/mol. The summed E-state index contributed by atoms with van der Waals surface area (Å²) in [6, 6.07) is 3.03. The Kier molecular flexibility index (Phi) is 4.02. The van der Waals surface area contributed by atoms with E-state index in [0.717, 1.165) is 11.1 Å². The van der Waals surface area contributed by atoms with Gasteiger partial charge in [-0.1, -0.05) is 37.8 Å². The Bertz CT molecular complexity index is 594. The highest BCUT2D eigenvalue weighted by atomic mass is 29.2. The predicted octanol–water partition coefficient (Wildman–Crippen LogP) is 3.55. The molecule has 0 bridgehead atoms. The summed E-state index contributed by atoms with van der Waals surface area (Å²) in [4.78, 5) is 15.8. The summed E-state index contributed by atoms with van der Waals surface area (Å²) in [5.74, 6) is -0.257. The Morgan fingerprint density at radius 2 is 2.00 bits per heavy atom. The minimum absolute atomic E-state index is 0.0462. The number of fused-ring (bicyclic) bond motifs is 1. The van der Waals surface area contributed by atoms with Gasteiger partial charge in [0, 0.05) is 5.56 Å². The van der Waals surface area contributed by atoms with Crippen molar-refractivity contribution in [2.45, 2.75) is 39.5 Å². The molecule has 2 nitrogen and oxygen atoms in total. The van der Waals surface area contributed by atoms with Gasteiger partial charge in [-0.15, -0.1) is 0 Å². The van der Waals surface area contributed by atoms with Gasteiger partial charge in [-0.25, -0.2) is 4.39 Å². The van der Waals surface area contributed by atoms with Gasteiger partial charge in [0.05, 0.1) is 8.31 Å². The third-order valence-corrected chi connectivity index (χ3v) is 15.3. The maximum atomic E-state index is 13.8. The number of carbonyl (C=O) groups excluding carboxylic acids is 1. The Labute approximate surface area is 122 Å². The zero-order valence-corrected chi connectivity index (χ0v) is 14.7. The number of halogens is 1. The van der Waals surface area contributed by atoms with Crippen LogP contribution in [0.3, 0.4) is 0 Å². The van der Waals surface area contributed by atoms with Crippen LogP contribution in [-0.2, 0) is 6.42 Å². The van der Waals surface area contributed by atoms with Gasteiger partial charge in [-0.05, 0) is 36.6 Å². The van der Waals surface area contributed by atoms with Crippen LogP contribution in [0, 0.1) is 5.82 Å². The molecule has 1 aliphatic carbocycles. The molecule has 1 aliphatic rings. The highest BCUT2D eigenvalue weighted by Crippen LogP contribution is 2.30. The molecule has 0 saturated heterocycles. The summed E-state index contributed by atoms with van der Waals surface area (Å²) in [6.45, 7) is 10.8. The van der Waals surface area contributed by atoms with E-state index < -0.39 is 16.1 Å². The van der Waals surface area contributed by atoms with Crippen LogP contribution < -0.4 is 4.98 Å². The third kappa shape index (κ3) is 2.78. The highest BCUT2D eigenvalue weighted by Gasteiger charge is 2.30. The number of benzene rings is 1. The average molecular weight is 307 g/mol. The lowest BCUT2D eigenvalue weighted by atomic mass is 10.0. The van der Waals surface area contributed by atoms with E-state index in [4.69, 9.17) is 0 Å². The van der Waals surface area contributed by atoms with Gasteiger partial charge in [-0.2, -0.15) is 0 Å². The standard InChI is InChI=1S/C15H21FNOSi2/c1-10-8-12-11(6-7-14(16)13(12)9-10)15(18)17-20(4,5)19(2)3/h6-8H,9H2,1-5H3,(H,17,18). The zero-order chi connectivity index (χ0) is 15.1. The first-order valence-corrected chi connectivity index (χ1v) is 13.3. The van der Waals surface area contributed by atoms with Crippen molar-refractivity contribution in [3.8, 4) is 0 Å². The molecule has 107 valence electrons. The van der Waals surface area contributed by atoms with Crippen molar-refractivity contribution in [3.05, 3.63) is 40.2 Å². The monoisotopic (exact) mass is 306 g/mol. The lowest BCUT2D eigenvalue weighted by Crippen LogP contribution is -2.57. The molecule has 0 fully saturated rings. The first-order chi connectivity index (χ1) is 9.22. The maximum absolute atomic E-state index is 13.8. The minimum Gasteiger partial charge on any atom is -0.381 e. The van der Waals surface area contributed by atoms with Crippen molar-refractivity contribution in [1.82, 2.24) is 4.98 Å². The lowest BCUT2D eigenvalue weighted by molar-refractivity contribution is 0.0978. The maximum Gasteiger partial charge on any atom is 0.243 e. The summed E-state index contributed by atoms with van der Waals surface area (Å²) in [5.41, 5.74) is 3.15. The summed E-state index contributed by atoms with van der Waals surface area (Å²) in [5, 5.41) is 0. The van der Waals surface area contributed by atoms with E-state index >= 15 is 0 Å². The Morgan fingerprint density at radius 1 is 1.35 bits per heavy atom. The van der Waals surface area contributed by atoms with Crippen molar-refractivity contribution in [3.63, 3.8) is 0 Å². The number of hydrogen-bond donors (Lipinski definition) is 1. The van der Waals surface area contributed by atoms with Crippen LogP contribution in [0.2, 0.25) is 26.2 Å². The fourth-order valence-electron chi connectivity index (χ4n) is 2.23. The van der Waals surface area contributed by atoms with Gasteiger partial charge in [0.2, 0.25) is 5.91 Å². The third-order valence-electron chi connectivity index (χ3n) is 4.07. The molecule has 0 saturated carbocycles. The van der Waals surface area contributed by atoms with E-state index in [0.29, 0.717) is 17.5 Å². The minimum atomic E-state index is -1.70. The molecular formula is C15H21FNOSi2. The van der Waals surface area contributed by atoms with Gasteiger partial charge >= 0.3 is 0 Å². The summed E-state index contributed by atoms with van der Waals surface area (Å²) in [6.07, 6.45) is 2.55. The quantitative estimate of drug-likeness (QED) is 0.850. The van der Waals surface area contributed by atoms with E-state index in [1.807, 2.05) is 13.0 Å². The van der Waals surface area contributed by atoms with Crippen molar-refractivity contribution in [2.75, 3.05) is 0 Å². The molecule has 0 heterocycles. The van der Waals surface area contributed by atoms with Crippen LogP contribution in [0.4, 0.5) is 4.39 Å². The van der Waals surface area contributed by atoms with Crippen LogP contribution in [0.25, 0.3) is 6.08 Å². The SMILES string of the molecule is CC1=Cc2c(C(=O)N[Si](C)(C)[Si](C)C)ccc(F)c2C1. The second-order valence-electron chi connectivity index (χ2n) is 6.23. The van der Waals surface area contributed by atoms with E-state index in [-0.39, 0.29) is 11.7 Å². The molecule has 1 aromatic rings. The second kappa shape index (κ2) is 5.29.